The minimum Gasteiger partial charge on any atom is -0.374 e. The van der Waals surface area contributed by atoms with E-state index in [9.17, 15) is 9.90 Å². The van der Waals surface area contributed by atoms with Gasteiger partial charge in [0, 0.05) is 31.0 Å². The van der Waals surface area contributed by atoms with Crippen LogP contribution in [-0.2, 0) is 5.60 Å². The van der Waals surface area contributed by atoms with Gasteiger partial charge in [-0.2, -0.15) is 0 Å². The molecule has 3 nitrogen and oxygen atoms in total. The van der Waals surface area contributed by atoms with Gasteiger partial charge in [-0.05, 0) is 47.2 Å². The van der Waals surface area contributed by atoms with Crippen LogP contribution in [0, 0.1) is 0 Å². The zero-order valence-corrected chi connectivity index (χ0v) is 17.9. The number of benzene rings is 2. The van der Waals surface area contributed by atoms with Crippen LogP contribution in [0.5, 0.6) is 0 Å². The minimum absolute atomic E-state index is 0.228. The Kier molecular flexibility index (Phi) is 5.46. The number of carbonyl (C=O) groups is 1. The van der Waals surface area contributed by atoms with Crippen molar-refractivity contribution in [3.8, 4) is 0 Å². The summed E-state index contributed by atoms with van der Waals surface area (Å²) in [5, 5.41) is 18.7. The number of rotatable bonds is 5. The summed E-state index contributed by atoms with van der Waals surface area (Å²) in [6.45, 7) is 0. The molecule has 2 aromatic carbocycles. The summed E-state index contributed by atoms with van der Waals surface area (Å²) in [5.74, 6) is -0.228. The third-order valence-corrected chi connectivity index (χ3v) is 6.86. The molecule has 6 heteroatoms. The molecule has 0 aliphatic rings. The minimum atomic E-state index is -1.33. The number of thiophene rings is 2. The SMILES string of the molecule is O=C(Nc1ccccc1C(O)(c1cccs1)c1cccs1)c1cccc(Br)c1. The van der Waals surface area contributed by atoms with E-state index in [1.54, 1.807) is 12.1 Å². The van der Waals surface area contributed by atoms with Crippen LogP contribution < -0.4 is 5.32 Å². The molecule has 140 valence electrons. The first-order chi connectivity index (χ1) is 13.6. The van der Waals surface area contributed by atoms with Crippen LogP contribution >= 0.6 is 38.6 Å². The van der Waals surface area contributed by atoms with Gasteiger partial charge < -0.3 is 10.4 Å². The van der Waals surface area contributed by atoms with Crippen LogP contribution in [0.2, 0.25) is 0 Å². The van der Waals surface area contributed by atoms with Crippen molar-refractivity contribution in [2.75, 3.05) is 5.32 Å². The van der Waals surface area contributed by atoms with E-state index in [-0.39, 0.29) is 5.91 Å². The molecular formula is C22H16BrNO2S2. The van der Waals surface area contributed by atoms with Crippen molar-refractivity contribution in [2.24, 2.45) is 0 Å². The molecule has 4 aromatic rings. The van der Waals surface area contributed by atoms with Gasteiger partial charge in [0.05, 0.1) is 0 Å². The van der Waals surface area contributed by atoms with Crippen molar-refractivity contribution in [2.45, 2.75) is 5.60 Å². The number of hydrogen-bond donors (Lipinski definition) is 2. The summed E-state index contributed by atoms with van der Waals surface area (Å²) < 4.78 is 0.835. The van der Waals surface area contributed by atoms with Gasteiger partial charge in [0.1, 0.15) is 0 Å². The van der Waals surface area contributed by atoms with Gasteiger partial charge in [-0.15, -0.1) is 22.7 Å². The largest absolute Gasteiger partial charge is 0.374 e. The second-order valence-electron chi connectivity index (χ2n) is 6.18. The maximum atomic E-state index is 12.8. The van der Waals surface area contributed by atoms with Gasteiger partial charge in [0.2, 0.25) is 0 Å². The summed E-state index contributed by atoms with van der Waals surface area (Å²) in [7, 11) is 0. The number of carbonyl (C=O) groups excluding carboxylic acids is 1. The summed E-state index contributed by atoms with van der Waals surface area (Å²) in [6, 6.07) is 22.3. The van der Waals surface area contributed by atoms with E-state index in [0.717, 1.165) is 14.2 Å². The van der Waals surface area contributed by atoms with Crippen LogP contribution in [0.3, 0.4) is 0 Å². The average Bonchev–Trinajstić information content (AvgIpc) is 3.42. The molecule has 0 saturated heterocycles. The standard InChI is InChI=1S/C22H16BrNO2S2/c23-16-7-3-6-15(14-16)21(25)24-18-9-2-1-8-17(18)22(26,19-10-4-12-27-19)20-11-5-13-28-20/h1-14,26H,(H,24,25). The molecule has 4 rings (SSSR count). The number of nitrogens with one attached hydrogen (secondary N) is 1. The van der Waals surface area contributed by atoms with Crippen molar-refractivity contribution >= 4 is 50.2 Å². The molecule has 0 radical (unpaired) electrons. The van der Waals surface area contributed by atoms with Crippen LogP contribution in [0.15, 0.2) is 88.0 Å². The number of anilines is 1. The zero-order chi connectivity index (χ0) is 19.6. The lowest BCUT2D eigenvalue weighted by molar-refractivity contribution is 0.102. The fourth-order valence-corrected chi connectivity index (χ4v) is 5.25. The highest BCUT2D eigenvalue weighted by Gasteiger charge is 2.38. The van der Waals surface area contributed by atoms with Crippen LogP contribution in [0.25, 0.3) is 0 Å². The van der Waals surface area contributed by atoms with Gasteiger partial charge in [-0.25, -0.2) is 0 Å². The first-order valence-electron chi connectivity index (χ1n) is 8.56. The predicted molar refractivity (Wildman–Crippen MR) is 119 cm³/mol. The fraction of sp³-hybridized carbons (Fsp3) is 0.0455. The molecule has 0 aliphatic heterocycles. The van der Waals surface area contributed by atoms with Crippen molar-refractivity contribution in [3.05, 3.63) is 109 Å². The summed E-state index contributed by atoms with van der Waals surface area (Å²) in [4.78, 5) is 14.4. The van der Waals surface area contributed by atoms with E-state index >= 15 is 0 Å². The maximum absolute atomic E-state index is 12.8. The second kappa shape index (κ2) is 8.01. The number of halogens is 1. The number of aliphatic hydroxyl groups is 1. The topological polar surface area (TPSA) is 49.3 Å². The lowest BCUT2D eigenvalue weighted by atomic mass is 9.89. The molecule has 2 heterocycles. The smallest absolute Gasteiger partial charge is 0.255 e. The third-order valence-electron chi connectivity index (χ3n) is 4.41. The Morgan fingerprint density at radius 2 is 1.57 bits per heavy atom. The fourth-order valence-electron chi connectivity index (χ4n) is 3.09. The van der Waals surface area contributed by atoms with E-state index in [0.29, 0.717) is 16.8 Å². The predicted octanol–water partition coefficient (Wildman–Crippen LogP) is 6.11. The van der Waals surface area contributed by atoms with E-state index in [2.05, 4.69) is 21.2 Å². The number of hydrogen-bond acceptors (Lipinski definition) is 4. The Balaban J connectivity index is 1.79. The molecule has 1 amide bonds. The monoisotopic (exact) mass is 469 g/mol. The van der Waals surface area contributed by atoms with Crippen molar-refractivity contribution in [1.29, 1.82) is 0 Å². The molecule has 28 heavy (non-hydrogen) atoms. The average molecular weight is 470 g/mol. The van der Waals surface area contributed by atoms with Crippen molar-refractivity contribution < 1.29 is 9.90 Å². The Morgan fingerprint density at radius 3 is 2.18 bits per heavy atom. The Hall–Kier alpha value is -2.25. The molecule has 2 N–H and O–H groups in total. The van der Waals surface area contributed by atoms with Crippen LogP contribution in [0.1, 0.15) is 25.7 Å². The molecule has 0 unspecified atom stereocenters. The van der Waals surface area contributed by atoms with E-state index in [1.807, 2.05) is 71.4 Å². The Labute approximate surface area is 179 Å². The van der Waals surface area contributed by atoms with Gasteiger partial charge in [0.25, 0.3) is 5.91 Å². The van der Waals surface area contributed by atoms with Crippen molar-refractivity contribution in [3.63, 3.8) is 0 Å². The molecule has 0 fully saturated rings. The lowest BCUT2D eigenvalue weighted by Gasteiger charge is -2.29. The summed E-state index contributed by atoms with van der Waals surface area (Å²) in [6.07, 6.45) is 0. The Morgan fingerprint density at radius 1 is 0.893 bits per heavy atom. The molecule has 2 aromatic heterocycles. The second-order valence-corrected chi connectivity index (χ2v) is 8.99. The molecule has 0 atom stereocenters. The highest BCUT2D eigenvalue weighted by molar-refractivity contribution is 9.10. The summed E-state index contributed by atoms with van der Waals surface area (Å²) in [5.41, 5.74) is 0.434. The van der Waals surface area contributed by atoms with E-state index < -0.39 is 5.60 Å². The van der Waals surface area contributed by atoms with Gasteiger partial charge >= 0.3 is 0 Å². The first-order valence-corrected chi connectivity index (χ1v) is 11.1. The normalized spacial score (nSPS) is 11.4. The van der Waals surface area contributed by atoms with Crippen LogP contribution in [-0.4, -0.2) is 11.0 Å². The van der Waals surface area contributed by atoms with Crippen molar-refractivity contribution in [1.82, 2.24) is 0 Å². The molecule has 0 bridgehead atoms. The summed E-state index contributed by atoms with van der Waals surface area (Å²) >= 11 is 6.37. The lowest BCUT2D eigenvalue weighted by Crippen LogP contribution is -2.28. The Bertz CT molecular complexity index is 1060. The molecule has 0 spiro atoms. The molecule has 0 aliphatic carbocycles. The van der Waals surface area contributed by atoms with Gasteiger partial charge in [-0.3, -0.25) is 4.79 Å². The third kappa shape index (κ3) is 3.56. The highest BCUT2D eigenvalue weighted by Crippen LogP contribution is 2.43. The van der Waals surface area contributed by atoms with Gasteiger partial charge in [-0.1, -0.05) is 52.3 Å². The van der Waals surface area contributed by atoms with Crippen LogP contribution in [0.4, 0.5) is 5.69 Å². The zero-order valence-electron chi connectivity index (χ0n) is 14.6. The molecule has 0 saturated carbocycles. The maximum Gasteiger partial charge on any atom is 0.255 e. The number of para-hydroxylation sites is 1. The first kappa shape index (κ1) is 19.1. The van der Waals surface area contributed by atoms with E-state index in [1.165, 1.54) is 22.7 Å². The highest BCUT2D eigenvalue weighted by atomic mass is 79.9. The van der Waals surface area contributed by atoms with E-state index in [4.69, 9.17) is 0 Å². The quantitative estimate of drug-likeness (QED) is 0.370. The number of amides is 1. The molecular weight excluding hydrogens is 454 g/mol. The van der Waals surface area contributed by atoms with Gasteiger partial charge in [0.15, 0.2) is 5.60 Å².